The first kappa shape index (κ1) is 19.8. The van der Waals surface area contributed by atoms with Crippen LogP contribution in [0.1, 0.15) is 44.0 Å². The molecule has 1 saturated heterocycles. The molecule has 1 atom stereocenters. The fraction of sp³-hybridized carbons (Fsp3) is 0.550. The summed E-state index contributed by atoms with van der Waals surface area (Å²) in [6.45, 7) is 6.72. The highest BCUT2D eigenvalue weighted by Crippen LogP contribution is 2.32. The van der Waals surface area contributed by atoms with E-state index in [2.05, 4.69) is 35.4 Å². The molecule has 1 aliphatic rings. The summed E-state index contributed by atoms with van der Waals surface area (Å²) in [6, 6.07) is 7.79. The number of thiazole rings is 1. The molecular weight excluding hydrogens is 360 g/mol. The van der Waals surface area contributed by atoms with Gasteiger partial charge in [-0.05, 0) is 43.9 Å². The second kappa shape index (κ2) is 9.28. The number of urea groups is 1. The topological polar surface area (TPSA) is 74.3 Å². The quantitative estimate of drug-likeness (QED) is 0.796. The number of para-hydroxylation sites is 1. The molecule has 1 aromatic carbocycles. The number of carbonyl (C=O) groups is 2. The number of nitrogens with one attached hydrogen (secondary N) is 2. The molecule has 27 heavy (non-hydrogen) atoms. The Labute approximate surface area is 164 Å². The van der Waals surface area contributed by atoms with E-state index in [0.717, 1.165) is 42.9 Å². The third-order valence-electron chi connectivity index (χ3n) is 4.79. The fourth-order valence-electron chi connectivity index (χ4n) is 3.35. The summed E-state index contributed by atoms with van der Waals surface area (Å²) in [6.07, 6.45) is 3.03. The van der Waals surface area contributed by atoms with Gasteiger partial charge < -0.3 is 5.32 Å². The van der Waals surface area contributed by atoms with Crippen molar-refractivity contribution in [3.05, 3.63) is 29.3 Å². The van der Waals surface area contributed by atoms with Crippen molar-refractivity contribution < 1.29 is 9.59 Å². The minimum absolute atomic E-state index is 0.248. The Bertz CT molecular complexity index is 756. The van der Waals surface area contributed by atoms with E-state index >= 15 is 0 Å². The standard InChI is InChI=1S/C20H28N4O2S/c1-14(2)9-10-21-20(26)23-18(25)13-24-11-5-6-15(12-24)19-22-16-7-3-4-8-17(16)27-19/h3-4,7-8,14-15H,5-6,9-13H2,1-2H3,(H2,21,23,25,26)/t15-/m0/s1. The van der Waals surface area contributed by atoms with Crippen LogP contribution < -0.4 is 10.6 Å². The zero-order chi connectivity index (χ0) is 19.2. The third-order valence-corrected chi connectivity index (χ3v) is 5.99. The number of aromatic nitrogens is 1. The van der Waals surface area contributed by atoms with Gasteiger partial charge in [0.05, 0.1) is 21.8 Å². The van der Waals surface area contributed by atoms with Crippen LogP contribution in [0.3, 0.4) is 0 Å². The molecule has 2 N–H and O–H groups in total. The second-order valence-corrected chi connectivity index (χ2v) is 8.64. The molecule has 1 aromatic heterocycles. The predicted molar refractivity (Wildman–Crippen MR) is 109 cm³/mol. The highest BCUT2D eigenvalue weighted by Gasteiger charge is 2.25. The lowest BCUT2D eigenvalue weighted by Crippen LogP contribution is -2.46. The molecule has 146 valence electrons. The van der Waals surface area contributed by atoms with Gasteiger partial charge in [-0.15, -0.1) is 11.3 Å². The van der Waals surface area contributed by atoms with Gasteiger partial charge in [-0.3, -0.25) is 15.0 Å². The molecule has 0 radical (unpaired) electrons. The number of fused-ring (bicyclic) bond motifs is 1. The summed E-state index contributed by atoms with van der Waals surface area (Å²) < 4.78 is 1.21. The van der Waals surface area contributed by atoms with Crippen LogP contribution in [0.4, 0.5) is 4.79 Å². The second-order valence-electron chi connectivity index (χ2n) is 7.58. The maximum Gasteiger partial charge on any atom is 0.321 e. The number of nitrogens with zero attached hydrogens (tertiary/aromatic N) is 2. The Morgan fingerprint density at radius 3 is 2.93 bits per heavy atom. The average Bonchev–Trinajstić information content (AvgIpc) is 3.05. The average molecular weight is 389 g/mol. The van der Waals surface area contributed by atoms with Crippen molar-refractivity contribution in [1.29, 1.82) is 0 Å². The molecule has 7 heteroatoms. The Balaban J connectivity index is 1.49. The normalized spacial score (nSPS) is 18.0. The SMILES string of the molecule is CC(C)CCNC(=O)NC(=O)CN1CCC[C@H](c2nc3ccccc3s2)C1. The van der Waals surface area contributed by atoms with E-state index in [1.54, 1.807) is 11.3 Å². The van der Waals surface area contributed by atoms with E-state index in [-0.39, 0.29) is 12.5 Å². The zero-order valence-corrected chi connectivity index (χ0v) is 16.8. The van der Waals surface area contributed by atoms with Gasteiger partial charge in [0.15, 0.2) is 0 Å². The zero-order valence-electron chi connectivity index (χ0n) is 16.0. The van der Waals surface area contributed by atoms with Crippen LogP contribution in [0.15, 0.2) is 24.3 Å². The number of amides is 3. The van der Waals surface area contributed by atoms with E-state index in [9.17, 15) is 9.59 Å². The lowest BCUT2D eigenvalue weighted by Gasteiger charge is -2.31. The van der Waals surface area contributed by atoms with E-state index in [1.165, 1.54) is 4.70 Å². The molecule has 0 unspecified atom stereocenters. The maximum atomic E-state index is 12.2. The van der Waals surface area contributed by atoms with Crippen molar-refractivity contribution in [3.8, 4) is 0 Å². The highest BCUT2D eigenvalue weighted by atomic mass is 32.1. The first-order valence-corrected chi connectivity index (χ1v) is 10.5. The van der Waals surface area contributed by atoms with E-state index in [0.29, 0.717) is 18.4 Å². The Kier molecular flexibility index (Phi) is 6.79. The Hall–Kier alpha value is -1.99. The molecule has 3 rings (SSSR count). The number of rotatable bonds is 6. The Morgan fingerprint density at radius 2 is 2.15 bits per heavy atom. The van der Waals surface area contributed by atoms with Gasteiger partial charge in [-0.25, -0.2) is 9.78 Å². The number of piperidine rings is 1. The van der Waals surface area contributed by atoms with Gasteiger partial charge in [-0.2, -0.15) is 0 Å². The molecule has 3 amide bonds. The number of hydrogen-bond donors (Lipinski definition) is 2. The Morgan fingerprint density at radius 1 is 1.33 bits per heavy atom. The largest absolute Gasteiger partial charge is 0.338 e. The lowest BCUT2D eigenvalue weighted by molar-refractivity contribution is -0.121. The van der Waals surface area contributed by atoms with E-state index in [1.807, 2.05) is 18.2 Å². The van der Waals surface area contributed by atoms with Crippen LogP contribution in [-0.4, -0.2) is 48.0 Å². The summed E-state index contributed by atoms with van der Waals surface area (Å²) in [5.74, 6) is 0.625. The fourth-order valence-corrected chi connectivity index (χ4v) is 4.45. The molecule has 0 saturated carbocycles. The summed E-state index contributed by atoms with van der Waals surface area (Å²) in [5, 5.41) is 6.31. The van der Waals surface area contributed by atoms with Crippen molar-refractivity contribution in [2.75, 3.05) is 26.2 Å². The number of hydrogen-bond acceptors (Lipinski definition) is 5. The van der Waals surface area contributed by atoms with Gasteiger partial charge >= 0.3 is 6.03 Å². The van der Waals surface area contributed by atoms with Crippen LogP contribution in [0.5, 0.6) is 0 Å². The van der Waals surface area contributed by atoms with Crippen LogP contribution in [0, 0.1) is 5.92 Å². The first-order valence-electron chi connectivity index (χ1n) is 9.66. The van der Waals surface area contributed by atoms with Crippen LogP contribution in [-0.2, 0) is 4.79 Å². The molecule has 1 fully saturated rings. The van der Waals surface area contributed by atoms with E-state index in [4.69, 9.17) is 4.98 Å². The number of imide groups is 1. The molecule has 0 spiro atoms. The van der Waals surface area contributed by atoms with Crippen LogP contribution in [0.25, 0.3) is 10.2 Å². The summed E-state index contributed by atoms with van der Waals surface area (Å²) in [4.78, 5) is 30.9. The highest BCUT2D eigenvalue weighted by molar-refractivity contribution is 7.18. The van der Waals surface area contributed by atoms with Gasteiger partial charge in [-0.1, -0.05) is 26.0 Å². The van der Waals surface area contributed by atoms with Crippen molar-refractivity contribution in [2.45, 2.75) is 39.0 Å². The lowest BCUT2D eigenvalue weighted by atomic mass is 9.99. The molecule has 2 aromatic rings. The van der Waals surface area contributed by atoms with Crippen molar-refractivity contribution in [1.82, 2.24) is 20.5 Å². The molecular formula is C20H28N4O2S. The molecule has 0 bridgehead atoms. The monoisotopic (exact) mass is 388 g/mol. The van der Waals surface area contributed by atoms with Gasteiger partial charge in [0.1, 0.15) is 0 Å². The number of carbonyl (C=O) groups excluding carboxylic acids is 2. The first-order chi connectivity index (χ1) is 13.0. The smallest absolute Gasteiger partial charge is 0.321 e. The third kappa shape index (κ3) is 5.74. The van der Waals surface area contributed by atoms with Gasteiger partial charge in [0, 0.05) is 19.0 Å². The summed E-state index contributed by atoms with van der Waals surface area (Å²) in [5.41, 5.74) is 1.05. The van der Waals surface area contributed by atoms with Crippen molar-refractivity contribution in [3.63, 3.8) is 0 Å². The summed E-state index contributed by atoms with van der Waals surface area (Å²) >= 11 is 1.74. The maximum absolute atomic E-state index is 12.2. The minimum atomic E-state index is -0.402. The van der Waals surface area contributed by atoms with Gasteiger partial charge in [0.2, 0.25) is 5.91 Å². The summed E-state index contributed by atoms with van der Waals surface area (Å²) in [7, 11) is 0. The van der Waals surface area contributed by atoms with Crippen LogP contribution in [0.2, 0.25) is 0 Å². The van der Waals surface area contributed by atoms with Crippen LogP contribution >= 0.6 is 11.3 Å². The van der Waals surface area contributed by atoms with Crippen molar-refractivity contribution in [2.24, 2.45) is 5.92 Å². The number of likely N-dealkylation sites (tertiary alicyclic amines) is 1. The van der Waals surface area contributed by atoms with Crippen molar-refractivity contribution >= 4 is 33.5 Å². The predicted octanol–water partition coefficient (Wildman–Crippen LogP) is 3.35. The molecule has 0 aliphatic carbocycles. The molecule has 2 heterocycles. The molecule has 6 nitrogen and oxygen atoms in total. The molecule has 1 aliphatic heterocycles. The van der Waals surface area contributed by atoms with Gasteiger partial charge in [0.25, 0.3) is 0 Å². The minimum Gasteiger partial charge on any atom is -0.338 e. The van der Waals surface area contributed by atoms with E-state index < -0.39 is 6.03 Å². The number of benzene rings is 1.